The third kappa shape index (κ3) is 5.16. The van der Waals surface area contributed by atoms with Crippen LogP contribution in [-0.4, -0.2) is 16.9 Å². The number of thiophene rings is 1. The number of benzene rings is 2. The fourth-order valence-corrected chi connectivity index (χ4v) is 4.26. The summed E-state index contributed by atoms with van der Waals surface area (Å²) in [5, 5.41) is 3.57. The number of nitrogens with two attached hydrogens (primary N) is 1. The highest BCUT2D eigenvalue weighted by molar-refractivity contribution is 7.22. The molecule has 1 unspecified atom stereocenters. The van der Waals surface area contributed by atoms with Crippen LogP contribution in [0.4, 0.5) is 5.00 Å². The Morgan fingerprint density at radius 3 is 2.48 bits per heavy atom. The largest absolute Gasteiger partial charge is 0.461 e. The minimum atomic E-state index is -0.949. The molecule has 0 radical (unpaired) electrons. The SMILES string of the molecule is Cc1c(NC(=O)c2ccccc2)sc2nc(C(N)CC(=O)OCc3ccccc3)oc(=O)c12. The maximum atomic E-state index is 12.6. The summed E-state index contributed by atoms with van der Waals surface area (Å²) < 4.78 is 10.5. The van der Waals surface area contributed by atoms with Crippen LogP contribution in [0.25, 0.3) is 10.2 Å². The van der Waals surface area contributed by atoms with Gasteiger partial charge in [-0.15, -0.1) is 0 Å². The van der Waals surface area contributed by atoms with E-state index in [0.29, 0.717) is 21.0 Å². The Labute approximate surface area is 193 Å². The summed E-state index contributed by atoms with van der Waals surface area (Å²) in [7, 11) is 0. The summed E-state index contributed by atoms with van der Waals surface area (Å²) in [4.78, 5) is 42.0. The van der Waals surface area contributed by atoms with Gasteiger partial charge >= 0.3 is 11.6 Å². The lowest BCUT2D eigenvalue weighted by Crippen LogP contribution is -2.20. The van der Waals surface area contributed by atoms with E-state index in [1.807, 2.05) is 36.4 Å². The molecular formula is C24H21N3O5S. The Morgan fingerprint density at radius 1 is 1.12 bits per heavy atom. The predicted octanol–water partition coefficient (Wildman–Crippen LogP) is 3.94. The van der Waals surface area contributed by atoms with E-state index in [9.17, 15) is 14.4 Å². The number of carbonyl (C=O) groups excluding carboxylic acids is 2. The summed E-state index contributed by atoms with van der Waals surface area (Å²) in [6.07, 6.45) is -0.198. The molecule has 0 fully saturated rings. The first-order chi connectivity index (χ1) is 15.9. The zero-order valence-corrected chi connectivity index (χ0v) is 18.6. The second kappa shape index (κ2) is 9.76. The number of rotatable bonds is 7. The van der Waals surface area contributed by atoms with Crippen LogP contribution in [0.15, 0.2) is 69.9 Å². The Morgan fingerprint density at radius 2 is 1.79 bits per heavy atom. The van der Waals surface area contributed by atoms with Crippen molar-refractivity contribution in [3.63, 3.8) is 0 Å². The minimum absolute atomic E-state index is 0.0636. The number of hydrogen-bond donors (Lipinski definition) is 2. The number of nitrogens with one attached hydrogen (secondary N) is 1. The molecule has 168 valence electrons. The van der Waals surface area contributed by atoms with Crippen LogP contribution in [0.5, 0.6) is 0 Å². The van der Waals surface area contributed by atoms with Crippen LogP contribution in [0.1, 0.15) is 39.8 Å². The summed E-state index contributed by atoms with van der Waals surface area (Å²) >= 11 is 1.14. The molecule has 9 heteroatoms. The molecule has 0 bridgehead atoms. The number of anilines is 1. The standard InChI is InChI=1S/C24H21N3O5S/c1-14-19-23(33-22(14)26-20(29)16-10-6-3-7-11-16)27-21(32-24(19)30)17(25)12-18(28)31-13-15-8-4-2-5-9-15/h2-11,17H,12-13,25H2,1H3,(H,26,29). The lowest BCUT2D eigenvalue weighted by molar-refractivity contribution is -0.145. The van der Waals surface area contributed by atoms with Gasteiger partial charge in [-0.25, -0.2) is 9.78 Å². The van der Waals surface area contributed by atoms with E-state index in [0.717, 1.165) is 16.9 Å². The number of carbonyl (C=O) groups is 2. The van der Waals surface area contributed by atoms with Crippen molar-refractivity contribution in [3.05, 3.63) is 93.7 Å². The molecule has 0 aliphatic carbocycles. The highest BCUT2D eigenvalue weighted by Crippen LogP contribution is 2.33. The van der Waals surface area contributed by atoms with Crippen molar-refractivity contribution in [1.82, 2.24) is 4.98 Å². The van der Waals surface area contributed by atoms with E-state index in [2.05, 4.69) is 10.3 Å². The van der Waals surface area contributed by atoms with E-state index in [4.69, 9.17) is 14.9 Å². The number of esters is 1. The van der Waals surface area contributed by atoms with E-state index in [-0.39, 0.29) is 30.2 Å². The molecule has 8 nitrogen and oxygen atoms in total. The van der Waals surface area contributed by atoms with Gasteiger partial charge in [-0.1, -0.05) is 59.9 Å². The van der Waals surface area contributed by atoms with Crippen LogP contribution in [-0.2, 0) is 16.1 Å². The minimum Gasteiger partial charge on any atom is -0.461 e. The number of nitrogens with zero attached hydrogens (tertiary/aromatic N) is 1. The van der Waals surface area contributed by atoms with Crippen molar-refractivity contribution in [2.75, 3.05) is 5.32 Å². The molecule has 0 spiro atoms. The van der Waals surface area contributed by atoms with Gasteiger partial charge in [0.05, 0.1) is 12.5 Å². The van der Waals surface area contributed by atoms with Crippen LogP contribution in [0.3, 0.4) is 0 Å². The van der Waals surface area contributed by atoms with Gasteiger partial charge in [-0.3, -0.25) is 9.59 Å². The van der Waals surface area contributed by atoms with Gasteiger partial charge in [-0.2, -0.15) is 0 Å². The molecule has 0 saturated heterocycles. The molecule has 1 amide bonds. The molecule has 2 aromatic carbocycles. The van der Waals surface area contributed by atoms with Gasteiger partial charge in [0.25, 0.3) is 5.91 Å². The van der Waals surface area contributed by atoms with Crippen LogP contribution >= 0.6 is 11.3 Å². The molecule has 0 aliphatic heterocycles. The Kier molecular flexibility index (Phi) is 6.62. The number of fused-ring (bicyclic) bond motifs is 1. The normalized spacial score (nSPS) is 11.8. The zero-order chi connectivity index (χ0) is 23.4. The van der Waals surface area contributed by atoms with Crippen molar-refractivity contribution in [2.24, 2.45) is 5.73 Å². The number of amides is 1. The molecule has 0 saturated carbocycles. The lowest BCUT2D eigenvalue weighted by atomic mass is 10.2. The predicted molar refractivity (Wildman–Crippen MR) is 125 cm³/mol. The van der Waals surface area contributed by atoms with Crippen LogP contribution < -0.4 is 16.7 Å². The van der Waals surface area contributed by atoms with Crippen LogP contribution in [0, 0.1) is 6.92 Å². The van der Waals surface area contributed by atoms with E-state index >= 15 is 0 Å². The number of aryl methyl sites for hydroxylation is 1. The second-order valence-corrected chi connectivity index (χ2v) is 8.35. The maximum Gasteiger partial charge on any atom is 0.348 e. The molecule has 4 rings (SSSR count). The summed E-state index contributed by atoms with van der Waals surface area (Å²) in [5.41, 5.74) is 7.34. The zero-order valence-electron chi connectivity index (χ0n) is 17.7. The smallest absolute Gasteiger partial charge is 0.348 e. The number of ether oxygens (including phenoxy) is 1. The van der Waals surface area contributed by atoms with Crippen molar-refractivity contribution < 1.29 is 18.7 Å². The van der Waals surface area contributed by atoms with E-state index in [1.54, 1.807) is 31.2 Å². The topological polar surface area (TPSA) is 125 Å². The molecule has 2 aromatic heterocycles. The molecule has 4 aromatic rings. The first-order valence-electron chi connectivity index (χ1n) is 10.2. The first-order valence-corrected chi connectivity index (χ1v) is 11.0. The van der Waals surface area contributed by atoms with Crippen molar-refractivity contribution in [1.29, 1.82) is 0 Å². The first kappa shape index (κ1) is 22.4. The van der Waals surface area contributed by atoms with Crippen molar-refractivity contribution in [2.45, 2.75) is 26.0 Å². The Hall–Kier alpha value is -3.82. The average molecular weight is 464 g/mol. The van der Waals surface area contributed by atoms with Gasteiger partial charge in [-0.05, 0) is 24.6 Å². The van der Waals surface area contributed by atoms with Gasteiger partial charge in [0.15, 0.2) is 0 Å². The molecule has 0 aliphatic rings. The highest BCUT2D eigenvalue weighted by Gasteiger charge is 2.22. The third-order valence-electron chi connectivity index (χ3n) is 4.95. The van der Waals surface area contributed by atoms with Gasteiger partial charge in [0.2, 0.25) is 5.89 Å². The molecule has 2 heterocycles. The fourth-order valence-electron chi connectivity index (χ4n) is 3.19. The van der Waals surface area contributed by atoms with E-state index in [1.165, 1.54) is 0 Å². The third-order valence-corrected chi connectivity index (χ3v) is 6.05. The summed E-state index contributed by atoms with van der Waals surface area (Å²) in [6.45, 7) is 1.83. The lowest BCUT2D eigenvalue weighted by Gasteiger charge is -2.09. The van der Waals surface area contributed by atoms with Gasteiger partial charge in [0, 0.05) is 11.1 Å². The molecular weight excluding hydrogens is 442 g/mol. The average Bonchev–Trinajstić information content (AvgIpc) is 3.14. The number of aromatic nitrogens is 1. The van der Waals surface area contributed by atoms with Gasteiger partial charge < -0.3 is 20.2 Å². The second-order valence-electron chi connectivity index (χ2n) is 7.35. The maximum absolute atomic E-state index is 12.6. The van der Waals surface area contributed by atoms with Crippen LogP contribution in [0.2, 0.25) is 0 Å². The monoisotopic (exact) mass is 463 g/mol. The molecule has 33 heavy (non-hydrogen) atoms. The highest BCUT2D eigenvalue weighted by atomic mass is 32.1. The fraction of sp³-hybridized carbons (Fsp3) is 0.167. The van der Waals surface area contributed by atoms with Crippen molar-refractivity contribution >= 4 is 38.4 Å². The quantitative estimate of drug-likeness (QED) is 0.398. The Bertz CT molecular complexity index is 1350. The summed E-state index contributed by atoms with van der Waals surface area (Å²) in [6, 6.07) is 17.0. The Balaban J connectivity index is 1.49. The summed E-state index contributed by atoms with van der Waals surface area (Å²) in [5.74, 6) is -0.895. The molecule has 3 N–H and O–H groups in total. The van der Waals surface area contributed by atoms with E-state index < -0.39 is 17.6 Å². The molecule has 1 atom stereocenters. The van der Waals surface area contributed by atoms with Gasteiger partial charge in [0.1, 0.15) is 21.8 Å². The van der Waals surface area contributed by atoms with Crippen molar-refractivity contribution in [3.8, 4) is 0 Å². The number of hydrogen-bond acceptors (Lipinski definition) is 8.